The molecule has 12 heteroatoms. The largest absolute Gasteiger partial charge is 0.593 e. The molecule has 0 aliphatic rings. The van der Waals surface area contributed by atoms with Gasteiger partial charge in [0.2, 0.25) is 16.0 Å². The molecule has 0 fully saturated rings. The lowest BCUT2D eigenvalue weighted by atomic mass is 10.2. The molecule has 0 saturated carbocycles. The van der Waals surface area contributed by atoms with Crippen LogP contribution in [0.4, 0.5) is 28.8 Å². The van der Waals surface area contributed by atoms with Gasteiger partial charge in [-0.2, -0.15) is 4.98 Å². The van der Waals surface area contributed by atoms with Gasteiger partial charge in [0.1, 0.15) is 11.9 Å². The Balaban J connectivity index is 1.66. The standard InChI is InChI=1S/C19H18N6O3S3/c1-30(26)25-15-5-3-2-4-14(15)22-18-17-16(10-11-29-17)23-19(24-18)21-12-6-8-13(9-7-12)31(20,27)28/h2-11,25H,1H3,(H2,20,27,28)(H2,21,22,23,24). The SMILES string of the molecule is C[S+]([O-])Nc1ccccc1Nc1nc(Nc2ccc(S(N)(=O)=O)cc2)nc2ccsc12. The zero-order chi connectivity index (χ0) is 22.0. The molecule has 0 saturated heterocycles. The van der Waals surface area contributed by atoms with Gasteiger partial charge in [0.05, 0.1) is 32.2 Å². The van der Waals surface area contributed by atoms with Gasteiger partial charge in [0, 0.05) is 5.69 Å². The van der Waals surface area contributed by atoms with Crippen LogP contribution < -0.4 is 20.5 Å². The Labute approximate surface area is 186 Å². The van der Waals surface area contributed by atoms with Crippen LogP contribution in [0.3, 0.4) is 0 Å². The van der Waals surface area contributed by atoms with Gasteiger partial charge in [-0.15, -0.1) is 11.3 Å². The van der Waals surface area contributed by atoms with E-state index in [4.69, 9.17) is 5.14 Å². The van der Waals surface area contributed by atoms with E-state index in [1.807, 2.05) is 35.7 Å². The van der Waals surface area contributed by atoms with Crippen molar-refractivity contribution in [3.63, 3.8) is 0 Å². The van der Waals surface area contributed by atoms with E-state index in [1.54, 1.807) is 18.4 Å². The lowest BCUT2D eigenvalue weighted by Crippen LogP contribution is -2.12. The number of fused-ring (bicyclic) bond motifs is 1. The third kappa shape index (κ3) is 5.06. The number of nitrogens with zero attached hydrogens (tertiary/aromatic N) is 2. The highest BCUT2D eigenvalue weighted by atomic mass is 32.2. The molecule has 160 valence electrons. The number of aromatic nitrogens is 2. The Kier molecular flexibility index (Phi) is 5.98. The summed E-state index contributed by atoms with van der Waals surface area (Å²) in [5, 5.41) is 13.4. The zero-order valence-electron chi connectivity index (χ0n) is 16.2. The van der Waals surface area contributed by atoms with Crippen molar-refractivity contribution in [1.82, 2.24) is 9.97 Å². The van der Waals surface area contributed by atoms with Crippen LogP contribution in [0.5, 0.6) is 0 Å². The number of rotatable bonds is 7. The smallest absolute Gasteiger partial charge is 0.238 e. The molecule has 2 heterocycles. The predicted molar refractivity (Wildman–Crippen MR) is 126 cm³/mol. The Morgan fingerprint density at radius 3 is 2.39 bits per heavy atom. The van der Waals surface area contributed by atoms with Gasteiger partial charge < -0.3 is 15.2 Å². The van der Waals surface area contributed by atoms with Crippen LogP contribution in [0.2, 0.25) is 0 Å². The van der Waals surface area contributed by atoms with Gasteiger partial charge in [0.25, 0.3) is 0 Å². The number of thiophene rings is 1. The average Bonchev–Trinajstić information content (AvgIpc) is 3.18. The van der Waals surface area contributed by atoms with E-state index in [9.17, 15) is 13.0 Å². The lowest BCUT2D eigenvalue weighted by Gasteiger charge is -2.14. The molecule has 1 atom stereocenters. The molecular weight excluding hydrogens is 456 g/mol. The first-order valence-corrected chi connectivity index (χ1v) is 12.9. The number of nitrogens with two attached hydrogens (primary N) is 1. The molecule has 4 rings (SSSR count). The summed E-state index contributed by atoms with van der Waals surface area (Å²) in [7, 11) is -3.76. The molecule has 0 bridgehead atoms. The number of benzene rings is 2. The number of hydrogen-bond acceptors (Lipinski definition) is 9. The Morgan fingerprint density at radius 1 is 1.00 bits per heavy atom. The van der Waals surface area contributed by atoms with Gasteiger partial charge in [-0.05, 0) is 47.8 Å². The fourth-order valence-electron chi connectivity index (χ4n) is 2.82. The fraction of sp³-hybridized carbons (Fsp3) is 0.0526. The van der Waals surface area contributed by atoms with Crippen molar-refractivity contribution in [1.29, 1.82) is 0 Å². The predicted octanol–water partition coefficient (Wildman–Crippen LogP) is 3.53. The molecule has 0 aliphatic heterocycles. The van der Waals surface area contributed by atoms with Gasteiger partial charge in [-0.3, -0.25) is 0 Å². The minimum Gasteiger partial charge on any atom is -0.593 e. The molecule has 4 aromatic rings. The Hall–Kier alpha value is -2.90. The molecule has 31 heavy (non-hydrogen) atoms. The second-order valence-corrected chi connectivity index (χ2v) is 10.0. The van der Waals surface area contributed by atoms with Crippen LogP contribution in [0.25, 0.3) is 10.2 Å². The minimum absolute atomic E-state index is 0.0204. The monoisotopic (exact) mass is 474 g/mol. The minimum atomic E-state index is -3.76. The normalized spacial score (nSPS) is 12.5. The first kappa shape index (κ1) is 21.3. The third-order valence-electron chi connectivity index (χ3n) is 4.18. The molecule has 5 N–H and O–H groups in total. The summed E-state index contributed by atoms with van der Waals surface area (Å²) >= 11 is 0.269. The van der Waals surface area contributed by atoms with E-state index in [0.717, 1.165) is 15.9 Å². The van der Waals surface area contributed by atoms with E-state index < -0.39 is 21.4 Å². The summed E-state index contributed by atoms with van der Waals surface area (Å²) in [6.07, 6.45) is 1.56. The van der Waals surface area contributed by atoms with Crippen LogP contribution in [0.15, 0.2) is 64.9 Å². The molecule has 0 spiro atoms. The number of sulfonamides is 1. The number of hydrogen-bond donors (Lipinski definition) is 4. The van der Waals surface area contributed by atoms with E-state index in [2.05, 4.69) is 25.3 Å². The maximum absolute atomic E-state index is 11.6. The third-order valence-corrected chi connectivity index (χ3v) is 6.52. The summed E-state index contributed by atoms with van der Waals surface area (Å²) in [6.45, 7) is 0. The first-order chi connectivity index (χ1) is 14.8. The highest BCUT2D eigenvalue weighted by molar-refractivity contribution is 7.92. The first-order valence-electron chi connectivity index (χ1n) is 8.91. The van der Waals surface area contributed by atoms with Gasteiger partial charge in [-0.25, -0.2) is 23.3 Å². The highest BCUT2D eigenvalue weighted by Crippen LogP contribution is 2.33. The molecule has 0 amide bonds. The molecule has 2 aromatic heterocycles. The molecule has 1 unspecified atom stereocenters. The molecule has 9 nitrogen and oxygen atoms in total. The Morgan fingerprint density at radius 2 is 1.71 bits per heavy atom. The van der Waals surface area contributed by atoms with Crippen molar-refractivity contribution in [2.75, 3.05) is 21.6 Å². The van der Waals surface area contributed by atoms with E-state index in [-0.39, 0.29) is 4.90 Å². The summed E-state index contributed by atoms with van der Waals surface area (Å²) in [5.41, 5.74) is 2.75. The summed E-state index contributed by atoms with van der Waals surface area (Å²) < 4.78 is 38.3. The topological polar surface area (TPSA) is 145 Å². The van der Waals surface area contributed by atoms with Crippen molar-refractivity contribution in [2.24, 2.45) is 5.14 Å². The quantitative estimate of drug-likeness (QED) is 0.298. The fourth-order valence-corrected chi connectivity index (χ4v) is 4.60. The van der Waals surface area contributed by atoms with Crippen molar-refractivity contribution in [3.05, 3.63) is 60.0 Å². The number of para-hydroxylation sites is 2. The maximum atomic E-state index is 11.6. The maximum Gasteiger partial charge on any atom is 0.238 e. The van der Waals surface area contributed by atoms with E-state index in [1.165, 1.54) is 23.5 Å². The number of anilines is 5. The van der Waals surface area contributed by atoms with Crippen LogP contribution in [0, 0.1) is 0 Å². The van der Waals surface area contributed by atoms with Gasteiger partial charge in [-0.1, -0.05) is 12.1 Å². The highest BCUT2D eigenvalue weighted by Gasteiger charge is 2.13. The second-order valence-electron chi connectivity index (χ2n) is 6.45. The van der Waals surface area contributed by atoms with Crippen LogP contribution in [-0.2, 0) is 21.4 Å². The van der Waals surface area contributed by atoms with Crippen LogP contribution >= 0.6 is 11.3 Å². The second kappa shape index (κ2) is 8.69. The van der Waals surface area contributed by atoms with Crippen molar-refractivity contribution in [2.45, 2.75) is 4.90 Å². The Bertz CT molecular complexity index is 1320. The number of nitrogens with one attached hydrogen (secondary N) is 3. The summed E-state index contributed by atoms with van der Waals surface area (Å²) in [5.74, 6) is 0.918. The lowest BCUT2D eigenvalue weighted by molar-refractivity contribution is 0.597. The van der Waals surface area contributed by atoms with E-state index in [0.29, 0.717) is 23.1 Å². The summed E-state index contributed by atoms with van der Waals surface area (Å²) in [4.78, 5) is 9.12. The van der Waals surface area contributed by atoms with E-state index >= 15 is 0 Å². The van der Waals surface area contributed by atoms with Gasteiger partial charge in [0.15, 0.2) is 5.82 Å². The molecule has 0 aliphatic carbocycles. The molecule has 2 aromatic carbocycles. The average molecular weight is 475 g/mol. The van der Waals surface area contributed by atoms with Crippen molar-refractivity contribution in [3.8, 4) is 0 Å². The molecular formula is C19H18N6O3S3. The van der Waals surface area contributed by atoms with Crippen LogP contribution in [-0.4, -0.2) is 29.2 Å². The number of primary sulfonamides is 1. The van der Waals surface area contributed by atoms with Gasteiger partial charge >= 0.3 is 0 Å². The van der Waals surface area contributed by atoms with Crippen molar-refractivity contribution < 1.29 is 13.0 Å². The molecule has 0 radical (unpaired) electrons. The van der Waals surface area contributed by atoms with Crippen molar-refractivity contribution >= 4 is 71.8 Å². The van der Waals surface area contributed by atoms with Crippen LogP contribution in [0.1, 0.15) is 0 Å². The summed E-state index contributed by atoms with van der Waals surface area (Å²) in [6, 6.07) is 15.3. The zero-order valence-corrected chi connectivity index (χ0v) is 18.6.